The minimum atomic E-state index is -0.718. The predicted molar refractivity (Wildman–Crippen MR) is 72.5 cm³/mol. The van der Waals surface area contributed by atoms with Gasteiger partial charge in [0.2, 0.25) is 5.91 Å². The normalized spacial score (nSPS) is 17.6. The van der Waals surface area contributed by atoms with Crippen LogP contribution in [0.25, 0.3) is 0 Å². The average molecular weight is 266 g/mol. The van der Waals surface area contributed by atoms with Crippen molar-refractivity contribution in [1.82, 2.24) is 15.1 Å². The van der Waals surface area contributed by atoms with E-state index >= 15 is 0 Å². The molecule has 1 heterocycles. The van der Waals surface area contributed by atoms with Gasteiger partial charge in [-0.1, -0.05) is 12.8 Å². The Kier molecular flexibility index (Phi) is 3.80. The van der Waals surface area contributed by atoms with Gasteiger partial charge < -0.3 is 16.2 Å². The Labute approximate surface area is 113 Å². The van der Waals surface area contributed by atoms with Crippen LogP contribution in [-0.2, 0) is 11.3 Å². The maximum atomic E-state index is 11.9. The monoisotopic (exact) mass is 266 g/mol. The lowest BCUT2D eigenvalue weighted by Gasteiger charge is -2.22. The van der Waals surface area contributed by atoms with E-state index in [1.54, 1.807) is 4.68 Å². The van der Waals surface area contributed by atoms with Crippen LogP contribution in [0.15, 0.2) is 0 Å². The van der Waals surface area contributed by atoms with Gasteiger partial charge in [0.15, 0.2) is 0 Å². The summed E-state index contributed by atoms with van der Waals surface area (Å²) in [7, 11) is 0. The number of nitrogens with two attached hydrogens (primary N) is 1. The molecule has 0 aliphatic heterocycles. The van der Waals surface area contributed by atoms with Crippen molar-refractivity contribution in [3.05, 3.63) is 11.4 Å². The summed E-state index contributed by atoms with van der Waals surface area (Å²) in [4.78, 5) is 11.9. The number of hydrogen-bond donors (Lipinski definition) is 3. The largest absolute Gasteiger partial charge is 0.396 e. The summed E-state index contributed by atoms with van der Waals surface area (Å²) in [5.41, 5.74) is 7.26. The van der Waals surface area contributed by atoms with Gasteiger partial charge in [0.05, 0.1) is 22.7 Å². The number of aromatic nitrogens is 2. The summed E-state index contributed by atoms with van der Waals surface area (Å²) in [5, 5.41) is 17.1. The maximum Gasteiger partial charge on any atom is 0.241 e. The van der Waals surface area contributed by atoms with Crippen LogP contribution in [0.5, 0.6) is 0 Å². The molecule has 19 heavy (non-hydrogen) atoms. The summed E-state index contributed by atoms with van der Waals surface area (Å²) in [6.07, 6.45) is 3.58. The summed E-state index contributed by atoms with van der Waals surface area (Å²) in [5.74, 6) is -0.147. The Morgan fingerprint density at radius 1 is 1.47 bits per heavy atom. The first-order valence-electron chi connectivity index (χ1n) is 6.70. The molecule has 1 aliphatic rings. The zero-order valence-electron chi connectivity index (χ0n) is 11.6. The Morgan fingerprint density at radius 3 is 2.63 bits per heavy atom. The molecule has 1 amide bonds. The van der Waals surface area contributed by atoms with Gasteiger partial charge in [0, 0.05) is 6.54 Å². The molecule has 6 heteroatoms. The molecule has 1 aromatic heterocycles. The van der Waals surface area contributed by atoms with Crippen LogP contribution >= 0.6 is 0 Å². The van der Waals surface area contributed by atoms with E-state index in [0.717, 1.165) is 37.1 Å². The van der Waals surface area contributed by atoms with Crippen molar-refractivity contribution in [2.24, 2.45) is 0 Å². The number of amides is 1. The molecule has 6 nitrogen and oxygen atoms in total. The van der Waals surface area contributed by atoms with Crippen LogP contribution in [0, 0.1) is 13.8 Å². The fourth-order valence-corrected chi connectivity index (χ4v) is 2.53. The van der Waals surface area contributed by atoms with E-state index in [0.29, 0.717) is 12.2 Å². The summed E-state index contributed by atoms with van der Waals surface area (Å²) in [6, 6.07) is 0. The molecule has 0 aromatic carbocycles. The molecule has 0 saturated heterocycles. The quantitative estimate of drug-likeness (QED) is 0.740. The van der Waals surface area contributed by atoms with Crippen molar-refractivity contribution in [3.8, 4) is 0 Å². The van der Waals surface area contributed by atoms with Crippen molar-refractivity contribution in [2.45, 2.75) is 51.7 Å². The fraction of sp³-hybridized carbons (Fsp3) is 0.692. The van der Waals surface area contributed by atoms with Crippen LogP contribution in [-0.4, -0.2) is 32.9 Å². The molecule has 4 N–H and O–H groups in total. The van der Waals surface area contributed by atoms with E-state index in [-0.39, 0.29) is 12.5 Å². The molecule has 0 radical (unpaired) electrons. The Bertz CT molecular complexity index is 475. The molecule has 0 bridgehead atoms. The van der Waals surface area contributed by atoms with Crippen LogP contribution < -0.4 is 11.1 Å². The van der Waals surface area contributed by atoms with E-state index < -0.39 is 5.60 Å². The number of nitrogen functional groups attached to an aromatic ring is 1. The molecule has 0 unspecified atom stereocenters. The van der Waals surface area contributed by atoms with Crippen LogP contribution in [0.1, 0.15) is 37.1 Å². The highest BCUT2D eigenvalue weighted by atomic mass is 16.3. The highest BCUT2D eigenvalue weighted by Crippen LogP contribution is 2.28. The SMILES string of the molecule is Cc1nn(CC(=O)NCC2(O)CCCC2)c(C)c1N. The molecular formula is C13H22N4O2. The molecule has 1 aromatic rings. The number of nitrogens with one attached hydrogen (secondary N) is 1. The van der Waals surface area contributed by atoms with Crippen LogP contribution in [0.2, 0.25) is 0 Å². The Balaban J connectivity index is 1.89. The first-order valence-corrected chi connectivity index (χ1v) is 6.70. The highest BCUT2D eigenvalue weighted by Gasteiger charge is 2.31. The number of hydrogen-bond acceptors (Lipinski definition) is 4. The van der Waals surface area contributed by atoms with E-state index in [1.807, 2.05) is 13.8 Å². The smallest absolute Gasteiger partial charge is 0.241 e. The zero-order chi connectivity index (χ0) is 14.0. The molecule has 1 aliphatic carbocycles. The van der Waals surface area contributed by atoms with Crippen LogP contribution in [0.4, 0.5) is 5.69 Å². The number of aryl methyl sites for hydroxylation is 1. The second-order valence-electron chi connectivity index (χ2n) is 5.45. The topological polar surface area (TPSA) is 93.2 Å². The van der Waals surface area contributed by atoms with Gasteiger partial charge in [-0.3, -0.25) is 9.48 Å². The summed E-state index contributed by atoms with van der Waals surface area (Å²) >= 11 is 0. The van der Waals surface area contributed by atoms with Gasteiger partial charge >= 0.3 is 0 Å². The molecule has 1 fully saturated rings. The van der Waals surface area contributed by atoms with Gasteiger partial charge in [-0.15, -0.1) is 0 Å². The molecular weight excluding hydrogens is 244 g/mol. The third-order valence-corrected chi connectivity index (χ3v) is 3.88. The lowest BCUT2D eigenvalue weighted by Crippen LogP contribution is -2.42. The van der Waals surface area contributed by atoms with E-state index in [2.05, 4.69) is 10.4 Å². The fourth-order valence-electron chi connectivity index (χ4n) is 2.53. The third kappa shape index (κ3) is 3.07. The number of nitrogens with zero attached hydrogens (tertiary/aromatic N) is 2. The van der Waals surface area contributed by atoms with E-state index in [1.165, 1.54) is 0 Å². The molecule has 106 valence electrons. The standard InChI is InChI=1S/C13H22N4O2/c1-9-12(14)10(2)17(16-9)7-11(18)15-8-13(19)5-3-4-6-13/h19H,3-8,14H2,1-2H3,(H,15,18). The summed E-state index contributed by atoms with van der Waals surface area (Å²) in [6.45, 7) is 4.12. The van der Waals surface area contributed by atoms with Crippen molar-refractivity contribution in [2.75, 3.05) is 12.3 Å². The van der Waals surface area contributed by atoms with E-state index in [9.17, 15) is 9.90 Å². The van der Waals surface area contributed by atoms with Crippen molar-refractivity contribution < 1.29 is 9.90 Å². The van der Waals surface area contributed by atoms with Crippen molar-refractivity contribution >= 4 is 11.6 Å². The highest BCUT2D eigenvalue weighted by molar-refractivity contribution is 5.76. The number of carbonyl (C=O) groups is 1. The number of carbonyl (C=O) groups excluding carboxylic acids is 1. The van der Waals surface area contributed by atoms with E-state index in [4.69, 9.17) is 5.73 Å². The molecule has 1 saturated carbocycles. The minimum absolute atomic E-state index is 0.139. The summed E-state index contributed by atoms with van der Waals surface area (Å²) < 4.78 is 1.60. The van der Waals surface area contributed by atoms with Gasteiger partial charge in [-0.2, -0.15) is 5.10 Å². The van der Waals surface area contributed by atoms with Gasteiger partial charge in [-0.25, -0.2) is 0 Å². The van der Waals surface area contributed by atoms with Gasteiger partial charge in [0.25, 0.3) is 0 Å². The number of aliphatic hydroxyl groups is 1. The second-order valence-corrected chi connectivity index (χ2v) is 5.45. The average Bonchev–Trinajstić information content (AvgIpc) is 2.89. The number of anilines is 1. The molecule has 0 atom stereocenters. The second kappa shape index (κ2) is 5.21. The van der Waals surface area contributed by atoms with Gasteiger partial charge in [-0.05, 0) is 26.7 Å². The van der Waals surface area contributed by atoms with Gasteiger partial charge in [0.1, 0.15) is 6.54 Å². The predicted octanol–water partition coefficient (Wildman–Crippen LogP) is 0.503. The van der Waals surface area contributed by atoms with Crippen molar-refractivity contribution in [3.63, 3.8) is 0 Å². The Hall–Kier alpha value is -1.56. The van der Waals surface area contributed by atoms with Crippen LogP contribution in [0.3, 0.4) is 0 Å². The Morgan fingerprint density at radius 2 is 2.11 bits per heavy atom. The lowest BCUT2D eigenvalue weighted by atomic mass is 10.0. The minimum Gasteiger partial charge on any atom is -0.396 e. The molecule has 0 spiro atoms. The first kappa shape index (κ1) is 13.9. The molecule has 2 rings (SSSR count). The van der Waals surface area contributed by atoms with Crippen molar-refractivity contribution in [1.29, 1.82) is 0 Å². The third-order valence-electron chi connectivity index (χ3n) is 3.88. The maximum absolute atomic E-state index is 11.9. The number of rotatable bonds is 4. The lowest BCUT2D eigenvalue weighted by molar-refractivity contribution is -0.123. The zero-order valence-corrected chi connectivity index (χ0v) is 11.6. The first-order chi connectivity index (χ1) is 8.91.